The Morgan fingerprint density at radius 3 is 2.58 bits per heavy atom. The average molecular weight is 174 g/mol. The van der Waals surface area contributed by atoms with E-state index in [-0.39, 0.29) is 6.29 Å². The molecule has 0 amide bonds. The van der Waals surface area contributed by atoms with Crippen LogP contribution in [-0.2, 0) is 14.3 Å². The number of rotatable bonds is 5. The van der Waals surface area contributed by atoms with Crippen LogP contribution in [0.25, 0.3) is 0 Å². The number of aliphatic hydroxyl groups is 2. The zero-order valence-corrected chi connectivity index (χ0v) is 6.34. The van der Waals surface area contributed by atoms with Crippen molar-refractivity contribution < 1.29 is 24.5 Å². The standard InChI is InChI=1S/C7H10O5/c1-2-7(11)12-4-6(10)5(9)3-8/h2-3,5-6,9-10H,1,4H2/t5-,6-/m1/s1. The molecule has 5 heteroatoms. The number of aldehydes is 1. The molecule has 0 heterocycles. The van der Waals surface area contributed by atoms with Gasteiger partial charge in [-0.15, -0.1) is 0 Å². The van der Waals surface area contributed by atoms with Gasteiger partial charge >= 0.3 is 5.97 Å². The van der Waals surface area contributed by atoms with Crippen LogP contribution in [0.5, 0.6) is 0 Å². The minimum Gasteiger partial charge on any atom is -0.460 e. The second-order valence-corrected chi connectivity index (χ2v) is 2.03. The van der Waals surface area contributed by atoms with E-state index in [0.29, 0.717) is 0 Å². The van der Waals surface area contributed by atoms with E-state index in [1.54, 1.807) is 0 Å². The number of carbonyl (C=O) groups excluding carboxylic acids is 2. The van der Waals surface area contributed by atoms with Crippen LogP contribution in [0.1, 0.15) is 0 Å². The first-order chi connectivity index (χ1) is 5.61. The van der Waals surface area contributed by atoms with Gasteiger partial charge < -0.3 is 19.7 Å². The number of hydrogen-bond donors (Lipinski definition) is 2. The third kappa shape index (κ3) is 3.85. The largest absolute Gasteiger partial charge is 0.460 e. The predicted molar refractivity (Wildman–Crippen MR) is 39.2 cm³/mol. The number of esters is 1. The van der Waals surface area contributed by atoms with Crippen LogP contribution in [-0.4, -0.2) is 41.3 Å². The summed E-state index contributed by atoms with van der Waals surface area (Å²) >= 11 is 0. The summed E-state index contributed by atoms with van der Waals surface area (Å²) in [6.45, 7) is 2.69. The predicted octanol–water partition coefficient (Wildman–Crippen LogP) is -1.36. The molecule has 0 aromatic carbocycles. The van der Waals surface area contributed by atoms with Gasteiger partial charge in [-0.2, -0.15) is 0 Å². The minimum absolute atomic E-state index is 0.159. The lowest BCUT2D eigenvalue weighted by molar-refractivity contribution is -0.144. The highest BCUT2D eigenvalue weighted by Gasteiger charge is 2.16. The molecule has 68 valence electrons. The molecule has 0 aliphatic heterocycles. The van der Waals surface area contributed by atoms with Crippen molar-refractivity contribution >= 4 is 12.3 Å². The van der Waals surface area contributed by atoms with Crippen molar-refractivity contribution in [2.45, 2.75) is 12.2 Å². The summed E-state index contributed by atoms with van der Waals surface area (Å²) in [6, 6.07) is 0. The summed E-state index contributed by atoms with van der Waals surface area (Å²) in [5.74, 6) is -0.716. The molecule has 0 aliphatic rings. The van der Waals surface area contributed by atoms with Crippen molar-refractivity contribution in [3.63, 3.8) is 0 Å². The molecule has 0 aromatic rings. The lowest BCUT2D eigenvalue weighted by Crippen LogP contribution is -2.32. The minimum atomic E-state index is -1.53. The van der Waals surface area contributed by atoms with Gasteiger partial charge in [0.1, 0.15) is 18.8 Å². The molecule has 0 rings (SSSR count). The summed E-state index contributed by atoms with van der Waals surface area (Å²) < 4.78 is 4.35. The molecular formula is C7H10O5. The third-order valence-corrected chi connectivity index (χ3v) is 1.10. The van der Waals surface area contributed by atoms with Crippen LogP contribution in [0.15, 0.2) is 12.7 Å². The zero-order valence-electron chi connectivity index (χ0n) is 6.34. The van der Waals surface area contributed by atoms with Crippen molar-refractivity contribution in [2.24, 2.45) is 0 Å². The lowest BCUT2D eigenvalue weighted by Gasteiger charge is -2.11. The quantitative estimate of drug-likeness (QED) is 0.305. The molecular weight excluding hydrogens is 164 g/mol. The maximum absolute atomic E-state index is 10.4. The maximum Gasteiger partial charge on any atom is 0.330 e. The van der Waals surface area contributed by atoms with Crippen molar-refractivity contribution in [1.82, 2.24) is 0 Å². The average Bonchev–Trinajstić information content (AvgIpc) is 2.11. The summed E-state index contributed by atoms with van der Waals surface area (Å²) in [4.78, 5) is 20.3. The van der Waals surface area contributed by atoms with E-state index >= 15 is 0 Å². The first kappa shape index (κ1) is 10.8. The Morgan fingerprint density at radius 2 is 2.17 bits per heavy atom. The normalized spacial score (nSPS) is 14.5. The van der Waals surface area contributed by atoms with Crippen molar-refractivity contribution in [2.75, 3.05) is 6.61 Å². The molecule has 0 aliphatic carbocycles. The summed E-state index contributed by atoms with van der Waals surface area (Å²) in [5.41, 5.74) is 0. The highest BCUT2D eigenvalue weighted by molar-refractivity contribution is 5.81. The van der Waals surface area contributed by atoms with Gasteiger partial charge in [0.15, 0.2) is 6.29 Å². The highest BCUT2D eigenvalue weighted by Crippen LogP contribution is 1.92. The molecule has 0 aromatic heterocycles. The molecule has 12 heavy (non-hydrogen) atoms. The van der Waals surface area contributed by atoms with Gasteiger partial charge in [0.05, 0.1) is 0 Å². The van der Waals surface area contributed by atoms with Crippen LogP contribution in [0.2, 0.25) is 0 Å². The number of ether oxygens (including phenoxy) is 1. The molecule has 0 unspecified atom stereocenters. The monoisotopic (exact) mass is 174 g/mol. The Bertz CT molecular complexity index is 177. The van der Waals surface area contributed by atoms with Gasteiger partial charge in [-0.3, -0.25) is 0 Å². The molecule has 2 atom stereocenters. The molecule has 5 nitrogen and oxygen atoms in total. The highest BCUT2D eigenvalue weighted by atomic mass is 16.5. The van der Waals surface area contributed by atoms with Crippen LogP contribution < -0.4 is 0 Å². The molecule has 0 saturated heterocycles. The molecule has 2 N–H and O–H groups in total. The van der Waals surface area contributed by atoms with Crippen molar-refractivity contribution in [1.29, 1.82) is 0 Å². The molecule has 0 bridgehead atoms. The van der Waals surface area contributed by atoms with E-state index in [1.807, 2.05) is 0 Å². The van der Waals surface area contributed by atoms with Gasteiger partial charge in [0.2, 0.25) is 0 Å². The molecule has 0 saturated carbocycles. The van der Waals surface area contributed by atoms with E-state index in [2.05, 4.69) is 11.3 Å². The first-order valence-electron chi connectivity index (χ1n) is 3.22. The van der Waals surface area contributed by atoms with Gasteiger partial charge in [0.25, 0.3) is 0 Å². The molecule has 0 fully saturated rings. The van der Waals surface area contributed by atoms with Gasteiger partial charge in [-0.25, -0.2) is 4.79 Å². The summed E-state index contributed by atoms with van der Waals surface area (Å²) in [6.07, 6.45) is -1.83. The third-order valence-electron chi connectivity index (χ3n) is 1.10. The fourth-order valence-corrected chi connectivity index (χ4v) is 0.416. The van der Waals surface area contributed by atoms with Gasteiger partial charge in [-0.05, 0) is 0 Å². The number of hydrogen-bond acceptors (Lipinski definition) is 5. The van der Waals surface area contributed by atoms with Crippen molar-refractivity contribution in [3.8, 4) is 0 Å². The Balaban J connectivity index is 3.69. The summed E-state index contributed by atoms with van der Waals surface area (Å²) in [5, 5.41) is 17.5. The Kier molecular flexibility index (Phi) is 4.91. The maximum atomic E-state index is 10.4. The van der Waals surface area contributed by atoms with Crippen molar-refractivity contribution in [3.05, 3.63) is 12.7 Å². The first-order valence-corrected chi connectivity index (χ1v) is 3.22. The van der Waals surface area contributed by atoms with Gasteiger partial charge in [-0.1, -0.05) is 6.58 Å². The van der Waals surface area contributed by atoms with Crippen LogP contribution >= 0.6 is 0 Å². The topological polar surface area (TPSA) is 83.8 Å². The SMILES string of the molecule is C=CC(=O)OC[C@@H](O)[C@H](O)C=O. The molecule has 0 radical (unpaired) electrons. The van der Waals surface area contributed by atoms with E-state index in [9.17, 15) is 9.59 Å². The van der Waals surface area contributed by atoms with Crippen LogP contribution in [0, 0.1) is 0 Å². The zero-order chi connectivity index (χ0) is 9.56. The van der Waals surface area contributed by atoms with Crippen LogP contribution in [0.3, 0.4) is 0 Å². The van der Waals surface area contributed by atoms with Crippen LogP contribution in [0.4, 0.5) is 0 Å². The van der Waals surface area contributed by atoms with E-state index < -0.39 is 24.8 Å². The number of carbonyl (C=O) groups is 2. The Hall–Kier alpha value is -1.20. The fraction of sp³-hybridized carbons (Fsp3) is 0.429. The van der Waals surface area contributed by atoms with E-state index in [4.69, 9.17) is 10.2 Å². The number of aliphatic hydroxyl groups excluding tert-OH is 2. The lowest BCUT2D eigenvalue weighted by atomic mass is 10.2. The second-order valence-electron chi connectivity index (χ2n) is 2.03. The summed E-state index contributed by atoms with van der Waals surface area (Å²) in [7, 11) is 0. The Morgan fingerprint density at radius 1 is 1.58 bits per heavy atom. The Labute approximate surface area is 69.3 Å². The second kappa shape index (κ2) is 5.45. The molecule has 0 spiro atoms. The van der Waals surface area contributed by atoms with E-state index in [1.165, 1.54) is 0 Å². The van der Waals surface area contributed by atoms with E-state index in [0.717, 1.165) is 6.08 Å². The fourth-order valence-electron chi connectivity index (χ4n) is 0.416. The smallest absolute Gasteiger partial charge is 0.330 e. The van der Waals surface area contributed by atoms with Gasteiger partial charge in [0, 0.05) is 6.08 Å².